The van der Waals surface area contributed by atoms with Crippen molar-refractivity contribution in [3.63, 3.8) is 0 Å². The molecule has 0 aliphatic heterocycles. The van der Waals surface area contributed by atoms with E-state index in [2.05, 4.69) is 6.92 Å². The highest BCUT2D eigenvalue weighted by atomic mass is 16.1. The first-order valence-electron chi connectivity index (χ1n) is 5.58. The van der Waals surface area contributed by atoms with E-state index >= 15 is 0 Å². The van der Waals surface area contributed by atoms with Crippen molar-refractivity contribution in [1.29, 1.82) is 0 Å². The summed E-state index contributed by atoms with van der Waals surface area (Å²) in [6.07, 6.45) is 1.06. The van der Waals surface area contributed by atoms with Crippen molar-refractivity contribution in [3.05, 3.63) is 40.7 Å². The molecule has 2 atom stereocenters. The Balaban J connectivity index is 2.33. The summed E-state index contributed by atoms with van der Waals surface area (Å²) < 4.78 is 1.74. The van der Waals surface area contributed by atoms with Crippen molar-refractivity contribution in [1.82, 2.24) is 4.57 Å². The number of hydrogen-bond donors (Lipinski definition) is 1. The van der Waals surface area contributed by atoms with Gasteiger partial charge in [-0.05, 0) is 29.9 Å². The number of pyridine rings is 1. The van der Waals surface area contributed by atoms with Crippen LogP contribution in [0.1, 0.15) is 19.4 Å². The number of nitrogens with two attached hydrogens (primary N) is 1. The van der Waals surface area contributed by atoms with E-state index in [1.54, 1.807) is 4.57 Å². The van der Waals surface area contributed by atoms with E-state index in [1.165, 1.54) is 0 Å². The quantitative estimate of drug-likeness (QED) is 0.790. The van der Waals surface area contributed by atoms with Gasteiger partial charge >= 0.3 is 0 Å². The smallest absolute Gasteiger partial charge is 0.260 e. The number of nitrogen functional groups attached to an aromatic ring is 1. The number of fused-ring (bicyclic) bond motifs is 1. The zero-order valence-corrected chi connectivity index (χ0v) is 9.18. The van der Waals surface area contributed by atoms with Crippen LogP contribution in [0.25, 0.3) is 10.8 Å². The molecule has 0 radical (unpaired) electrons. The van der Waals surface area contributed by atoms with Gasteiger partial charge in [-0.15, -0.1) is 0 Å². The predicted molar refractivity (Wildman–Crippen MR) is 65.4 cm³/mol. The first-order valence-corrected chi connectivity index (χ1v) is 5.58. The Kier molecular flexibility index (Phi) is 1.84. The van der Waals surface area contributed by atoms with Gasteiger partial charge in [0.1, 0.15) is 5.82 Å². The Bertz CT molecular complexity index is 615. The van der Waals surface area contributed by atoms with Crippen LogP contribution in [-0.4, -0.2) is 4.57 Å². The van der Waals surface area contributed by atoms with Gasteiger partial charge in [0.2, 0.25) is 0 Å². The lowest BCUT2D eigenvalue weighted by Gasteiger charge is -2.10. The first-order chi connectivity index (χ1) is 7.68. The van der Waals surface area contributed by atoms with Crippen LogP contribution < -0.4 is 11.3 Å². The zero-order valence-electron chi connectivity index (χ0n) is 9.18. The van der Waals surface area contributed by atoms with E-state index in [4.69, 9.17) is 5.73 Å². The zero-order chi connectivity index (χ0) is 11.3. The van der Waals surface area contributed by atoms with Crippen molar-refractivity contribution in [2.45, 2.75) is 19.4 Å². The molecule has 0 saturated heterocycles. The third-order valence-corrected chi connectivity index (χ3v) is 3.39. The van der Waals surface area contributed by atoms with E-state index in [0.29, 0.717) is 17.8 Å². The molecule has 0 spiro atoms. The van der Waals surface area contributed by atoms with E-state index < -0.39 is 0 Å². The Morgan fingerprint density at radius 3 is 2.75 bits per heavy atom. The van der Waals surface area contributed by atoms with Crippen LogP contribution >= 0.6 is 0 Å². The minimum atomic E-state index is 0.0463. The second kappa shape index (κ2) is 3.11. The summed E-state index contributed by atoms with van der Waals surface area (Å²) in [4.78, 5) is 12.3. The van der Waals surface area contributed by atoms with Crippen LogP contribution in [0.15, 0.2) is 35.1 Å². The minimum Gasteiger partial charge on any atom is -0.385 e. The summed E-state index contributed by atoms with van der Waals surface area (Å²) in [6, 6.07) is 9.79. The SMILES string of the molecule is CC1CC1n1c(N)cc2ccccc2c1=O. The van der Waals surface area contributed by atoms with Gasteiger partial charge in [-0.1, -0.05) is 25.1 Å². The van der Waals surface area contributed by atoms with Gasteiger partial charge in [0.05, 0.1) is 0 Å². The van der Waals surface area contributed by atoms with Crippen molar-refractivity contribution in [2.24, 2.45) is 5.92 Å². The average Bonchev–Trinajstić information content (AvgIpc) is 2.95. The molecule has 1 aromatic heterocycles. The fraction of sp³-hybridized carbons (Fsp3) is 0.308. The molecule has 2 aromatic rings. The van der Waals surface area contributed by atoms with Gasteiger partial charge in [0.15, 0.2) is 0 Å². The molecule has 2 unspecified atom stereocenters. The lowest BCUT2D eigenvalue weighted by Crippen LogP contribution is -2.22. The van der Waals surface area contributed by atoms with E-state index in [0.717, 1.165) is 17.2 Å². The van der Waals surface area contributed by atoms with E-state index in [-0.39, 0.29) is 5.56 Å². The highest BCUT2D eigenvalue weighted by Crippen LogP contribution is 2.43. The molecule has 0 bridgehead atoms. The molecule has 16 heavy (non-hydrogen) atoms. The van der Waals surface area contributed by atoms with Gasteiger partial charge in [0, 0.05) is 11.4 Å². The highest BCUT2D eigenvalue weighted by molar-refractivity contribution is 5.83. The number of hydrogen-bond acceptors (Lipinski definition) is 2. The Hall–Kier alpha value is -1.77. The third-order valence-electron chi connectivity index (χ3n) is 3.39. The van der Waals surface area contributed by atoms with Gasteiger partial charge in [0.25, 0.3) is 5.56 Å². The number of anilines is 1. The van der Waals surface area contributed by atoms with Crippen LogP contribution in [0.5, 0.6) is 0 Å². The molecule has 3 heteroatoms. The number of benzene rings is 1. The van der Waals surface area contributed by atoms with Crippen LogP contribution in [-0.2, 0) is 0 Å². The second-order valence-electron chi connectivity index (χ2n) is 4.61. The lowest BCUT2D eigenvalue weighted by atomic mass is 10.1. The molecule has 0 amide bonds. The van der Waals surface area contributed by atoms with Gasteiger partial charge in [-0.3, -0.25) is 9.36 Å². The molecule has 3 nitrogen and oxygen atoms in total. The summed E-state index contributed by atoms with van der Waals surface area (Å²) in [5.41, 5.74) is 6.00. The fourth-order valence-electron chi connectivity index (χ4n) is 2.30. The summed E-state index contributed by atoms with van der Waals surface area (Å²) in [7, 11) is 0. The Morgan fingerprint density at radius 2 is 2.06 bits per heavy atom. The maximum absolute atomic E-state index is 12.3. The lowest BCUT2D eigenvalue weighted by molar-refractivity contribution is 0.674. The maximum atomic E-state index is 12.3. The van der Waals surface area contributed by atoms with Crippen molar-refractivity contribution < 1.29 is 0 Å². The van der Waals surface area contributed by atoms with E-state index in [9.17, 15) is 4.79 Å². The number of rotatable bonds is 1. The molecule has 3 rings (SSSR count). The molecule has 2 N–H and O–H groups in total. The molecule has 1 aromatic carbocycles. The molecule has 1 aliphatic carbocycles. The largest absolute Gasteiger partial charge is 0.385 e. The molecule has 1 saturated carbocycles. The maximum Gasteiger partial charge on any atom is 0.260 e. The second-order valence-corrected chi connectivity index (χ2v) is 4.61. The van der Waals surface area contributed by atoms with Crippen molar-refractivity contribution in [3.8, 4) is 0 Å². The summed E-state index contributed by atoms with van der Waals surface area (Å²) >= 11 is 0. The highest BCUT2D eigenvalue weighted by Gasteiger charge is 2.36. The van der Waals surface area contributed by atoms with Crippen LogP contribution in [0.4, 0.5) is 5.82 Å². The number of nitrogens with zero attached hydrogens (tertiary/aromatic N) is 1. The fourth-order valence-corrected chi connectivity index (χ4v) is 2.30. The van der Waals surface area contributed by atoms with Crippen LogP contribution in [0, 0.1) is 5.92 Å². The van der Waals surface area contributed by atoms with Crippen LogP contribution in [0.2, 0.25) is 0 Å². The Labute approximate surface area is 93.5 Å². The molecule has 1 heterocycles. The molecular weight excluding hydrogens is 200 g/mol. The summed E-state index contributed by atoms with van der Waals surface area (Å²) in [5, 5.41) is 1.69. The average molecular weight is 214 g/mol. The van der Waals surface area contributed by atoms with E-state index in [1.807, 2.05) is 30.3 Å². The molecular formula is C13H14N2O. The summed E-state index contributed by atoms with van der Waals surface area (Å²) in [6.45, 7) is 2.14. The van der Waals surface area contributed by atoms with Gasteiger partial charge in [-0.25, -0.2) is 0 Å². The summed E-state index contributed by atoms with van der Waals surface area (Å²) in [5.74, 6) is 1.15. The van der Waals surface area contributed by atoms with Crippen molar-refractivity contribution in [2.75, 3.05) is 5.73 Å². The molecule has 82 valence electrons. The molecule has 1 fully saturated rings. The van der Waals surface area contributed by atoms with Gasteiger partial charge in [-0.2, -0.15) is 0 Å². The third kappa shape index (κ3) is 1.24. The standard InChI is InChI=1S/C13H14N2O/c1-8-6-11(8)15-12(14)7-9-4-2-3-5-10(9)13(15)16/h2-5,7-8,11H,6,14H2,1H3. The predicted octanol–water partition coefficient (Wildman–Crippen LogP) is 2.16. The molecule has 1 aliphatic rings. The monoisotopic (exact) mass is 214 g/mol. The van der Waals surface area contributed by atoms with Crippen LogP contribution in [0.3, 0.4) is 0 Å². The Morgan fingerprint density at radius 1 is 1.38 bits per heavy atom. The first kappa shape index (κ1) is 9.46. The normalized spacial score (nSPS) is 23.6. The van der Waals surface area contributed by atoms with Gasteiger partial charge < -0.3 is 5.73 Å². The number of aromatic nitrogens is 1. The minimum absolute atomic E-state index is 0.0463. The van der Waals surface area contributed by atoms with Crippen molar-refractivity contribution >= 4 is 16.6 Å². The topological polar surface area (TPSA) is 48.0 Å².